The topological polar surface area (TPSA) is 26.3 Å². The maximum Gasteiger partial charge on any atom is 0.433 e. The highest BCUT2D eigenvalue weighted by atomic mass is 79.9. The first-order valence-electron chi connectivity index (χ1n) is 6.94. The van der Waals surface area contributed by atoms with Crippen LogP contribution in [0.5, 0.6) is 0 Å². The fraction of sp³-hybridized carbons (Fsp3) is 0.235. The molecule has 1 fully saturated rings. The summed E-state index contributed by atoms with van der Waals surface area (Å²) in [6, 6.07) is 13.8. The molecule has 0 unspecified atom stereocenters. The molecule has 23 heavy (non-hydrogen) atoms. The number of carbonyl (C=O) groups is 1. The van der Waals surface area contributed by atoms with Crippen LogP contribution in [0.1, 0.15) is 23.5 Å². The molecular formula is C17H12BrF3O2. The molecule has 0 bridgehead atoms. The van der Waals surface area contributed by atoms with Crippen molar-refractivity contribution in [2.75, 3.05) is 0 Å². The summed E-state index contributed by atoms with van der Waals surface area (Å²) in [5.41, 5.74) is -2.30. The van der Waals surface area contributed by atoms with Crippen LogP contribution >= 0.6 is 15.9 Å². The molecular weight excluding hydrogens is 373 g/mol. The largest absolute Gasteiger partial charge is 0.444 e. The fourth-order valence-electron chi connectivity index (χ4n) is 3.02. The lowest BCUT2D eigenvalue weighted by Gasteiger charge is -2.35. The summed E-state index contributed by atoms with van der Waals surface area (Å²) in [6.45, 7) is 0. The van der Waals surface area contributed by atoms with Gasteiger partial charge in [0.05, 0.1) is 6.42 Å². The molecule has 1 saturated heterocycles. The molecule has 2 aromatic rings. The number of alkyl halides is 3. The number of rotatable bonds is 2. The molecule has 1 heterocycles. The van der Waals surface area contributed by atoms with Gasteiger partial charge in [0.2, 0.25) is 5.60 Å². The Balaban J connectivity index is 2.20. The summed E-state index contributed by atoms with van der Waals surface area (Å²) < 4.78 is 47.7. The number of ether oxygens (including phenoxy) is 1. The van der Waals surface area contributed by atoms with Gasteiger partial charge in [0.25, 0.3) is 0 Å². The summed E-state index contributed by atoms with van der Waals surface area (Å²) in [5, 5.41) is 0. The van der Waals surface area contributed by atoms with Crippen LogP contribution in [0.4, 0.5) is 13.2 Å². The highest BCUT2D eigenvalue weighted by Gasteiger charge is 2.67. The Morgan fingerprint density at radius 2 is 1.65 bits per heavy atom. The van der Waals surface area contributed by atoms with Crippen molar-refractivity contribution in [3.63, 3.8) is 0 Å². The third-order valence-corrected chi connectivity index (χ3v) is 4.56. The lowest BCUT2D eigenvalue weighted by atomic mass is 9.77. The van der Waals surface area contributed by atoms with E-state index in [4.69, 9.17) is 4.74 Å². The number of cyclic esters (lactones) is 1. The van der Waals surface area contributed by atoms with Crippen LogP contribution in [-0.4, -0.2) is 12.1 Å². The smallest absolute Gasteiger partial charge is 0.433 e. The van der Waals surface area contributed by atoms with Crippen LogP contribution in [0.15, 0.2) is 59.1 Å². The molecule has 6 heteroatoms. The number of esters is 1. The molecule has 120 valence electrons. The number of carbonyl (C=O) groups excluding carboxylic acids is 1. The number of benzene rings is 2. The van der Waals surface area contributed by atoms with E-state index < -0.39 is 23.7 Å². The maximum absolute atomic E-state index is 14.0. The van der Waals surface area contributed by atoms with Crippen molar-refractivity contribution in [1.82, 2.24) is 0 Å². The van der Waals surface area contributed by atoms with Gasteiger partial charge in [0.15, 0.2) is 0 Å². The Hall–Kier alpha value is -1.82. The SMILES string of the molecule is O=C1C[C@@H](c2ccc(Br)cc2)[C@@](c2ccccc2)(C(F)(F)F)O1. The molecule has 0 spiro atoms. The normalized spacial score (nSPS) is 24.5. The summed E-state index contributed by atoms with van der Waals surface area (Å²) >= 11 is 3.26. The quantitative estimate of drug-likeness (QED) is 0.685. The van der Waals surface area contributed by atoms with Crippen LogP contribution in [0.25, 0.3) is 0 Å². The van der Waals surface area contributed by atoms with Gasteiger partial charge in [-0.15, -0.1) is 0 Å². The second kappa shape index (κ2) is 5.67. The summed E-state index contributed by atoms with van der Waals surface area (Å²) in [7, 11) is 0. The molecule has 0 amide bonds. The zero-order chi connectivity index (χ0) is 16.7. The average molecular weight is 385 g/mol. The van der Waals surface area contributed by atoms with E-state index in [-0.39, 0.29) is 12.0 Å². The van der Waals surface area contributed by atoms with Gasteiger partial charge in [-0.25, -0.2) is 0 Å². The second-order valence-corrected chi connectivity index (χ2v) is 6.30. The lowest BCUT2D eigenvalue weighted by Crippen LogP contribution is -2.46. The predicted octanol–water partition coefficient (Wildman–Crippen LogP) is 4.94. The van der Waals surface area contributed by atoms with Gasteiger partial charge in [0, 0.05) is 16.0 Å². The van der Waals surface area contributed by atoms with Crippen molar-refractivity contribution in [3.05, 3.63) is 70.2 Å². The van der Waals surface area contributed by atoms with Crippen molar-refractivity contribution < 1.29 is 22.7 Å². The van der Waals surface area contributed by atoms with Crippen LogP contribution in [0.3, 0.4) is 0 Å². The Bertz CT molecular complexity index is 713. The molecule has 0 aliphatic carbocycles. The summed E-state index contributed by atoms with van der Waals surface area (Å²) in [5.74, 6) is -1.97. The molecule has 0 N–H and O–H groups in total. The zero-order valence-corrected chi connectivity index (χ0v) is 13.4. The highest BCUT2D eigenvalue weighted by Crippen LogP contribution is 2.56. The van der Waals surface area contributed by atoms with Crippen LogP contribution in [0, 0.1) is 0 Å². The molecule has 0 aromatic heterocycles. The summed E-state index contributed by atoms with van der Waals surface area (Å²) in [6.07, 6.45) is -5.03. The van der Waals surface area contributed by atoms with Crippen LogP contribution < -0.4 is 0 Å². The first kappa shape index (κ1) is 16.1. The average Bonchev–Trinajstić information content (AvgIpc) is 2.87. The Morgan fingerprint density at radius 1 is 1.04 bits per heavy atom. The first-order chi connectivity index (χ1) is 10.8. The van der Waals surface area contributed by atoms with E-state index in [1.54, 1.807) is 30.3 Å². The van der Waals surface area contributed by atoms with Gasteiger partial charge < -0.3 is 4.74 Å². The number of hydrogen-bond acceptors (Lipinski definition) is 2. The zero-order valence-electron chi connectivity index (χ0n) is 11.8. The van der Waals surface area contributed by atoms with Gasteiger partial charge in [-0.05, 0) is 17.7 Å². The maximum atomic E-state index is 14.0. The monoisotopic (exact) mass is 384 g/mol. The van der Waals surface area contributed by atoms with E-state index in [0.717, 1.165) is 4.47 Å². The van der Waals surface area contributed by atoms with Gasteiger partial charge in [-0.2, -0.15) is 13.2 Å². The standard InChI is InChI=1S/C17H12BrF3O2/c18-13-8-6-11(7-9-13)14-10-15(22)23-16(14,17(19,20)21)12-4-2-1-3-5-12/h1-9,14H,10H2/t14-,16-/m0/s1. The van der Waals surface area contributed by atoms with E-state index in [1.807, 2.05) is 0 Å². The number of hydrogen-bond donors (Lipinski definition) is 0. The minimum absolute atomic E-state index is 0.0636. The van der Waals surface area contributed by atoms with Crippen molar-refractivity contribution in [2.24, 2.45) is 0 Å². The van der Waals surface area contributed by atoms with Crippen molar-refractivity contribution in [2.45, 2.75) is 24.1 Å². The molecule has 3 rings (SSSR count). The Morgan fingerprint density at radius 3 is 2.22 bits per heavy atom. The molecule has 2 nitrogen and oxygen atoms in total. The first-order valence-corrected chi connectivity index (χ1v) is 7.73. The van der Waals surface area contributed by atoms with Crippen molar-refractivity contribution >= 4 is 21.9 Å². The van der Waals surface area contributed by atoms with Crippen LogP contribution in [0.2, 0.25) is 0 Å². The van der Waals surface area contributed by atoms with Crippen LogP contribution in [-0.2, 0) is 15.1 Å². The number of halogens is 4. The fourth-order valence-corrected chi connectivity index (χ4v) is 3.28. The second-order valence-electron chi connectivity index (χ2n) is 5.38. The third kappa shape index (κ3) is 2.65. The lowest BCUT2D eigenvalue weighted by molar-refractivity contribution is -0.269. The van der Waals surface area contributed by atoms with Crippen molar-refractivity contribution in [3.8, 4) is 0 Å². The highest BCUT2D eigenvalue weighted by molar-refractivity contribution is 9.10. The van der Waals surface area contributed by atoms with E-state index in [1.165, 1.54) is 24.3 Å². The van der Waals surface area contributed by atoms with E-state index in [0.29, 0.717) is 5.56 Å². The van der Waals surface area contributed by atoms with E-state index >= 15 is 0 Å². The Labute approximate surface area is 139 Å². The molecule has 2 atom stereocenters. The van der Waals surface area contributed by atoms with Gasteiger partial charge in [-0.3, -0.25) is 4.79 Å². The van der Waals surface area contributed by atoms with E-state index in [2.05, 4.69) is 15.9 Å². The van der Waals surface area contributed by atoms with E-state index in [9.17, 15) is 18.0 Å². The van der Waals surface area contributed by atoms with Gasteiger partial charge in [0.1, 0.15) is 0 Å². The van der Waals surface area contributed by atoms with Crippen molar-refractivity contribution in [1.29, 1.82) is 0 Å². The minimum atomic E-state index is -4.72. The minimum Gasteiger partial charge on any atom is -0.444 e. The molecule has 0 radical (unpaired) electrons. The molecule has 0 saturated carbocycles. The third-order valence-electron chi connectivity index (χ3n) is 4.03. The van der Waals surface area contributed by atoms with Gasteiger partial charge >= 0.3 is 12.1 Å². The molecule has 1 aliphatic heterocycles. The predicted molar refractivity (Wildman–Crippen MR) is 81.8 cm³/mol. The molecule has 1 aliphatic rings. The molecule has 2 aromatic carbocycles. The van der Waals surface area contributed by atoms with Gasteiger partial charge in [-0.1, -0.05) is 58.4 Å². The summed E-state index contributed by atoms with van der Waals surface area (Å²) in [4.78, 5) is 11.8. The Kier molecular flexibility index (Phi) is 3.96.